The Morgan fingerprint density at radius 1 is 1.10 bits per heavy atom. The number of aliphatic hydroxyl groups excluding tert-OH is 1. The van der Waals surface area contributed by atoms with E-state index in [2.05, 4.69) is 24.3 Å². The summed E-state index contributed by atoms with van der Waals surface area (Å²) in [4.78, 5) is 0. The summed E-state index contributed by atoms with van der Waals surface area (Å²) in [6, 6.07) is 12.7. The number of alkyl halides is 3. The van der Waals surface area contributed by atoms with E-state index in [1.54, 1.807) is 26.8 Å². The Morgan fingerprint density at radius 3 is 2.44 bits per heavy atom. The number of aliphatic hydroxyl groups is 1. The van der Waals surface area contributed by atoms with Crippen LogP contribution in [0.4, 0.5) is 13.2 Å². The van der Waals surface area contributed by atoms with Crippen molar-refractivity contribution in [2.45, 2.75) is 89.1 Å². The van der Waals surface area contributed by atoms with Crippen LogP contribution in [0.2, 0.25) is 0 Å². The smallest absolute Gasteiger partial charge is 0.419 e. The van der Waals surface area contributed by atoms with E-state index in [0.717, 1.165) is 31.7 Å². The largest absolute Gasteiger partial charge is 0.668 e. The zero-order valence-electron chi connectivity index (χ0n) is 23.3. The number of hydrogen-bond acceptors (Lipinski definition) is 4. The SMILES string of the molecule is CC1(C)OCC([NH-])(CCc2ccc(OCCCC3CCCc4ccccc43)c(C(F)(F)F)c2)CO1.CCO.[Y]. The monoisotopic (exact) mass is 625 g/mol. The molecule has 0 spiro atoms. The number of benzene rings is 2. The van der Waals surface area contributed by atoms with Crippen molar-refractivity contribution < 1.29 is 65.2 Å². The molecule has 1 atom stereocenters. The third kappa shape index (κ3) is 10.4. The Kier molecular flexibility index (Phi) is 13.4. The van der Waals surface area contributed by atoms with Crippen LogP contribution in [0.3, 0.4) is 0 Å². The number of halogens is 3. The number of nitrogens with one attached hydrogen (secondary N) is 1. The molecule has 2 aromatic carbocycles. The van der Waals surface area contributed by atoms with Gasteiger partial charge in [0, 0.05) is 52.5 Å². The van der Waals surface area contributed by atoms with Crippen LogP contribution in [0, 0.1) is 0 Å². The van der Waals surface area contributed by atoms with E-state index in [9.17, 15) is 13.2 Å². The van der Waals surface area contributed by atoms with Crippen molar-refractivity contribution >= 4 is 0 Å². The molecule has 0 amide bonds. The average Bonchev–Trinajstić information content (AvgIpc) is 2.88. The summed E-state index contributed by atoms with van der Waals surface area (Å²) in [7, 11) is 0. The number of rotatable bonds is 8. The fraction of sp³-hybridized carbons (Fsp3) is 0.600. The van der Waals surface area contributed by atoms with Crippen LogP contribution in [-0.4, -0.2) is 42.9 Å². The van der Waals surface area contributed by atoms with E-state index < -0.39 is 23.1 Å². The molecule has 1 unspecified atom stereocenters. The Bertz CT molecular complexity index is 1020. The summed E-state index contributed by atoms with van der Waals surface area (Å²) < 4.78 is 58.2. The molecular weight excluding hydrogens is 584 g/mol. The van der Waals surface area contributed by atoms with Crippen molar-refractivity contribution in [1.82, 2.24) is 0 Å². The number of aryl methyl sites for hydroxylation is 2. The molecule has 0 saturated carbocycles. The maximum absolute atomic E-state index is 13.8. The Balaban J connectivity index is 0.00000127. The molecule has 1 saturated heterocycles. The number of ether oxygens (including phenoxy) is 3. The minimum absolute atomic E-state index is 0. The van der Waals surface area contributed by atoms with Crippen LogP contribution in [0.25, 0.3) is 5.73 Å². The van der Waals surface area contributed by atoms with Crippen LogP contribution in [0.15, 0.2) is 42.5 Å². The summed E-state index contributed by atoms with van der Waals surface area (Å²) in [6.07, 6.45) is 1.16. The summed E-state index contributed by atoms with van der Waals surface area (Å²) >= 11 is 0. The van der Waals surface area contributed by atoms with Gasteiger partial charge in [0.25, 0.3) is 0 Å². The molecule has 2 aliphatic rings. The van der Waals surface area contributed by atoms with Crippen molar-refractivity contribution in [3.05, 3.63) is 70.5 Å². The van der Waals surface area contributed by atoms with Gasteiger partial charge in [0.2, 0.25) is 0 Å². The second-order valence-corrected chi connectivity index (χ2v) is 10.7. The molecule has 0 bridgehead atoms. The molecule has 9 heteroatoms. The zero-order chi connectivity index (χ0) is 27.8. The summed E-state index contributed by atoms with van der Waals surface area (Å²) in [6.45, 7) is 6.14. The van der Waals surface area contributed by atoms with Crippen molar-refractivity contribution in [2.24, 2.45) is 0 Å². The molecule has 1 aliphatic heterocycles. The van der Waals surface area contributed by atoms with Crippen molar-refractivity contribution in [1.29, 1.82) is 0 Å². The molecule has 39 heavy (non-hydrogen) atoms. The van der Waals surface area contributed by atoms with Gasteiger partial charge >= 0.3 is 6.18 Å². The van der Waals surface area contributed by atoms with E-state index in [0.29, 0.717) is 30.7 Å². The molecule has 2 N–H and O–H groups in total. The minimum atomic E-state index is -4.51. The van der Waals surface area contributed by atoms with Gasteiger partial charge in [0.15, 0.2) is 5.79 Å². The van der Waals surface area contributed by atoms with Crippen molar-refractivity contribution in [2.75, 3.05) is 26.4 Å². The van der Waals surface area contributed by atoms with Crippen molar-refractivity contribution in [3.63, 3.8) is 0 Å². The second kappa shape index (κ2) is 15.3. The maximum atomic E-state index is 13.8. The third-order valence-electron chi connectivity index (χ3n) is 7.08. The fourth-order valence-electron chi connectivity index (χ4n) is 4.98. The molecule has 0 aromatic heterocycles. The minimum Gasteiger partial charge on any atom is -0.668 e. The first-order valence-electron chi connectivity index (χ1n) is 13.5. The van der Waals surface area contributed by atoms with Gasteiger partial charge in [-0.25, -0.2) is 0 Å². The predicted octanol–water partition coefficient (Wildman–Crippen LogP) is 7.49. The summed E-state index contributed by atoms with van der Waals surface area (Å²) in [5.41, 5.74) is 10.1. The Morgan fingerprint density at radius 2 is 1.77 bits per heavy atom. The van der Waals surface area contributed by atoms with Crippen LogP contribution >= 0.6 is 0 Å². The number of hydrogen-bond donors (Lipinski definition) is 1. The second-order valence-electron chi connectivity index (χ2n) is 10.7. The zero-order valence-corrected chi connectivity index (χ0v) is 26.1. The molecule has 1 radical (unpaired) electrons. The first-order valence-corrected chi connectivity index (χ1v) is 13.5. The fourth-order valence-corrected chi connectivity index (χ4v) is 4.98. The van der Waals surface area contributed by atoms with Crippen LogP contribution in [0.1, 0.15) is 81.0 Å². The maximum Gasteiger partial charge on any atom is 0.419 e. The van der Waals surface area contributed by atoms with E-state index in [1.165, 1.54) is 17.2 Å². The van der Waals surface area contributed by atoms with Gasteiger partial charge < -0.3 is 25.1 Å². The van der Waals surface area contributed by atoms with Gasteiger partial charge in [-0.05, 0) is 94.0 Å². The standard InChI is InChI=1S/C28H35F3NO3.C2H6O.Y/c1-26(2)34-18-27(32,19-35-26)15-14-20-12-13-25(24(17-20)28(29,30)31)33-16-6-10-22-9-5-8-21-7-3-4-11-23(21)22;1-2-3;/h3-4,7,11-13,17,22,32H,5-6,8-10,14-16,18-19H2,1-2H3;3H,2H2,1H3;/q-1;;. The van der Waals surface area contributed by atoms with E-state index >= 15 is 0 Å². The molecule has 5 nitrogen and oxygen atoms in total. The van der Waals surface area contributed by atoms with Crippen LogP contribution in [0.5, 0.6) is 5.75 Å². The van der Waals surface area contributed by atoms with E-state index in [1.807, 2.05) is 0 Å². The van der Waals surface area contributed by atoms with Gasteiger partial charge in [-0.1, -0.05) is 42.3 Å². The van der Waals surface area contributed by atoms with Crippen LogP contribution in [-0.2, 0) is 61.2 Å². The normalized spacial score (nSPS) is 19.6. The van der Waals surface area contributed by atoms with Gasteiger partial charge in [0.1, 0.15) is 5.75 Å². The summed E-state index contributed by atoms with van der Waals surface area (Å²) in [5.74, 6) is -0.409. The number of fused-ring (bicyclic) bond motifs is 1. The molecule has 4 rings (SSSR count). The molecule has 215 valence electrons. The Labute approximate surface area is 255 Å². The predicted molar refractivity (Wildman–Crippen MR) is 142 cm³/mol. The average molecular weight is 626 g/mol. The molecule has 1 fully saturated rings. The van der Waals surface area contributed by atoms with Crippen LogP contribution < -0.4 is 4.74 Å². The van der Waals surface area contributed by atoms with Gasteiger partial charge in [0.05, 0.1) is 12.2 Å². The topological polar surface area (TPSA) is 71.7 Å². The molecule has 1 aliphatic carbocycles. The van der Waals surface area contributed by atoms with E-state index in [4.69, 9.17) is 25.1 Å². The first-order chi connectivity index (χ1) is 18.0. The molecule has 2 aromatic rings. The Hall–Kier alpha value is -1.03. The van der Waals surface area contributed by atoms with Gasteiger partial charge in [-0.2, -0.15) is 13.2 Å². The third-order valence-corrected chi connectivity index (χ3v) is 7.08. The van der Waals surface area contributed by atoms with Gasteiger partial charge in [-0.15, -0.1) is 0 Å². The quantitative estimate of drug-likeness (QED) is 0.309. The molecule has 1 heterocycles. The summed E-state index contributed by atoms with van der Waals surface area (Å²) in [5, 5.41) is 7.57. The van der Waals surface area contributed by atoms with Gasteiger partial charge in [-0.3, -0.25) is 0 Å². The first kappa shape index (κ1) is 34.2. The van der Waals surface area contributed by atoms with Crippen molar-refractivity contribution in [3.8, 4) is 5.75 Å². The van der Waals surface area contributed by atoms with E-state index in [-0.39, 0.29) is 64.9 Å². The molecular formula is C30H41F3NO4Y-.